The van der Waals surface area contributed by atoms with Gasteiger partial charge in [-0.2, -0.15) is 0 Å². The van der Waals surface area contributed by atoms with Crippen molar-refractivity contribution in [2.75, 3.05) is 13.6 Å². The van der Waals surface area contributed by atoms with E-state index in [0.29, 0.717) is 12.1 Å². The molecule has 3 atom stereocenters. The summed E-state index contributed by atoms with van der Waals surface area (Å²) in [4.78, 5) is 14.4. The lowest BCUT2D eigenvalue weighted by atomic mass is 9.96. The molecule has 1 heterocycles. The number of primary amides is 1. The normalized spacial score (nSPS) is 37.2. The lowest BCUT2D eigenvalue weighted by molar-refractivity contribution is -0.124. The highest BCUT2D eigenvalue weighted by molar-refractivity contribution is 5.85. The van der Waals surface area contributed by atoms with E-state index < -0.39 is 5.54 Å². The summed E-state index contributed by atoms with van der Waals surface area (Å²) in [7, 11) is 1.87. The number of hydrogen-bond acceptors (Lipinski definition) is 3. The minimum atomic E-state index is -0.463. The maximum Gasteiger partial charge on any atom is 0.237 e. The third-order valence-corrected chi connectivity index (χ3v) is 5.30. The summed E-state index contributed by atoms with van der Waals surface area (Å²) in [5.41, 5.74) is 5.15. The molecule has 3 N–H and O–H groups in total. The zero-order valence-electron chi connectivity index (χ0n) is 12.5. The molecule has 2 fully saturated rings. The molecule has 1 aliphatic carbocycles. The highest BCUT2D eigenvalue weighted by atomic mass is 16.1. The number of nitrogens with two attached hydrogens (primary N) is 1. The van der Waals surface area contributed by atoms with E-state index in [1.54, 1.807) is 0 Å². The molecule has 1 saturated heterocycles. The highest BCUT2D eigenvalue weighted by Gasteiger charge is 2.45. The topological polar surface area (TPSA) is 58.4 Å². The second-order valence-electron chi connectivity index (χ2n) is 6.24. The Balaban J connectivity index is 2.07. The van der Waals surface area contributed by atoms with Crippen LogP contribution in [0.1, 0.15) is 58.3 Å². The van der Waals surface area contributed by atoms with Crippen LogP contribution in [-0.4, -0.2) is 42.0 Å². The molecule has 3 unspecified atom stereocenters. The summed E-state index contributed by atoms with van der Waals surface area (Å²) in [6, 6.07) is 1.23. The van der Waals surface area contributed by atoms with Crippen molar-refractivity contribution in [1.82, 2.24) is 10.2 Å². The summed E-state index contributed by atoms with van der Waals surface area (Å²) < 4.78 is 0. The van der Waals surface area contributed by atoms with E-state index in [-0.39, 0.29) is 5.91 Å². The first-order valence-electron chi connectivity index (χ1n) is 7.87. The monoisotopic (exact) mass is 267 g/mol. The second-order valence-corrected chi connectivity index (χ2v) is 6.24. The Hall–Kier alpha value is -0.610. The zero-order valence-corrected chi connectivity index (χ0v) is 12.5. The number of nitrogens with zero attached hydrogens (tertiary/aromatic N) is 1. The summed E-state index contributed by atoms with van der Waals surface area (Å²) in [5.74, 6) is -0.180. The van der Waals surface area contributed by atoms with Gasteiger partial charge >= 0.3 is 0 Å². The Labute approximate surface area is 117 Å². The zero-order chi connectivity index (χ0) is 13.9. The molecule has 0 bridgehead atoms. The van der Waals surface area contributed by atoms with Gasteiger partial charge in [-0.05, 0) is 52.1 Å². The van der Waals surface area contributed by atoms with E-state index in [4.69, 9.17) is 5.73 Å². The summed E-state index contributed by atoms with van der Waals surface area (Å²) in [6.07, 6.45) is 9.42. The largest absolute Gasteiger partial charge is 0.368 e. The maximum atomic E-state index is 11.7. The van der Waals surface area contributed by atoms with Gasteiger partial charge in [-0.3, -0.25) is 9.69 Å². The van der Waals surface area contributed by atoms with Gasteiger partial charge in [-0.25, -0.2) is 0 Å². The maximum absolute atomic E-state index is 11.7. The molecule has 0 radical (unpaired) electrons. The van der Waals surface area contributed by atoms with E-state index in [1.807, 2.05) is 7.05 Å². The first-order valence-corrected chi connectivity index (χ1v) is 7.87. The predicted octanol–water partition coefficient (Wildman–Crippen LogP) is 1.64. The van der Waals surface area contributed by atoms with Crippen molar-refractivity contribution in [3.63, 3.8) is 0 Å². The molecule has 4 heteroatoms. The van der Waals surface area contributed by atoms with E-state index in [2.05, 4.69) is 17.1 Å². The molecular formula is C15H29N3O. The van der Waals surface area contributed by atoms with Crippen LogP contribution >= 0.6 is 0 Å². The number of hydrogen-bond donors (Lipinski definition) is 2. The molecule has 4 nitrogen and oxygen atoms in total. The van der Waals surface area contributed by atoms with E-state index in [0.717, 1.165) is 19.3 Å². The van der Waals surface area contributed by atoms with Crippen LogP contribution in [0.4, 0.5) is 0 Å². The molecule has 2 aliphatic rings. The smallest absolute Gasteiger partial charge is 0.237 e. The third-order valence-electron chi connectivity index (χ3n) is 5.30. The average molecular weight is 267 g/mol. The second kappa shape index (κ2) is 6.23. The van der Waals surface area contributed by atoms with Crippen LogP contribution in [0.25, 0.3) is 0 Å². The van der Waals surface area contributed by atoms with Crippen LogP contribution in [0.3, 0.4) is 0 Å². The Morgan fingerprint density at radius 2 is 2.16 bits per heavy atom. The number of carbonyl (C=O) groups is 1. The standard InChI is InChI=1S/C15H29N3O/c1-3-12-7-5-4-6-10-18(12)13-8-9-15(11-13,17-2)14(16)19/h12-13,17H,3-11H2,1-2H3,(H2,16,19). The number of likely N-dealkylation sites (tertiary alicyclic amines) is 1. The lowest BCUT2D eigenvalue weighted by Crippen LogP contribution is -2.53. The Kier molecular flexibility index (Phi) is 4.85. The van der Waals surface area contributed by atoms with Gasteiger partial charge in [0, 0.05) is 12.1 Å². The van der Waals surface area contributed by atoms with Crippen LogP contribution in [0.5, 0.6) is 0 Å². The lowest BCUT2D eigenvalue weighted by Gasteiger charge is -2.36. The Bertz CT molecular complexity index is 321. The molecule has 1 saturated carbocycles. The van der Waals surface area contributed by atoms with Crippen molar-refractivity contribution in [1.29, 1.82) is 0 Å². The van der Waals surface area contributed by atoms with Crippen LogP contribution in [0, 0.1) is 0 Å². The van der Waals surface area contributed by atoms with Crippen LogP contribution in [0.2, 0.25) is 0 Å². The quantitative estimate of drug-likeness (QED) is 0.814. The van der Waals surface area contributed by atoms with Gasteiger partial charge in [-0.1, -0.05) is 19.8 Å². The van der Waals surface area contributed by atoms with Crippen LogP contribution in [-0.2, 0) is 4.79 Å². The van der Waals surface area contributed by atoms with E-state index >= 15 is 0 Å². The van der Waals surface area contributed by atoms with Crippen molar-refractivity contribution in [3.8, 4) is 0 Å². The number of nitrogens with one attached hydrogen (secondary N) is 1. The molecule has 0 aromatic carbocycles. The first kappa shape index (κ1) is 14.8. The van der Waals surface area contributed by atoms with Crippen molar-refractivity contribution >= 4 is 5.91 Å². The van der Waals surface area contributed by atoms with Crippen LogP contribution < -0.4 is 11.1 Å². The van der Waals surface area contributed by atoms with E-state index in [9.17, 15) is 4.79 Å². The minimum absolute atomic E-state index is 0.180. The van der Waals surface area contributed by atoms with E-state index in [1.165, 1.54) is 38.6 Å². The molecule has 1 aliphatic heterocycles. The van der Waals surface area contributed by atoms with Crippen LogP contribution in [0.15, 0.2) is 0 Å². The molecule has 0 aromatic rings. The van der Waals surface area contributed by atoms with Crippen molar-refractivity contribution in [2.24, 2.45) is 5.73 Å². The summed E-state index contributed by atoms with van der Waals surface area (Å²) in [6.45, 7) is 3.49. The molecule has 110 valence electrons. The fraction of sp³-hybridized carbons (Fsp3) is 0.933. The van der Waals surface area contributed by atoms with Gasteiger partial charge in [0.2, 0.25) is 5.91 Å². The first-order chi connectivity index (χ1) is 9.13. The average Bonchev–Trinajstić information content (AvgIpc) is 2.71. The van der Waals surface area contributed by atoms with Gasteiger partial charge in [0.25, 0.3) is 0 Å². The fourth-order valence-electron chi connectivity index (χ4n) is 4.00. The minimum Gasteiger partial charge on any atom is -0.368 e. The molecule has 2 rings (SSSR count). The predicted molar refractivity (Wildman–Crippen MR) is 77.9 cm³/mol. The Morgan fingerprint density at radius 3 is 2.74 bits per heavy atom. The molecule has 0 spiro atoms. The third kappa shape index (κ3) is 2.95. The highest BCUT2D eigenvalue weighted by Crippen LogP contribution is 2.35. The molecule has 1 amide bonds. The van der Waals surface area contributed by atoms with Crippen molar-refractivity contribution in [2.45, 2.75) is 75.9 Å². The molecule has 0 aromatic heterocycles. The number of likely N-dealkylation sites (N-methyl/N-ethyl adjacent to an activating group) is 1. The summed E-state index contributed by atoms with van der Waals surface area (Å²) in [5, 5.41) is 3.19. The van der Waals surface area contributed by atoms with Gasteiger partial charge < -0.3 is 11.1 Å². The number of carbonyl (C=O) groups excluding carboxylic acids is 1. The van der Waals surface area contributed by atoms with Gasteiger partial charge in [0.05, 0.1) is 5.54 Å². The van der Waals surface area contributed by atoms with Crippen molar-refractivity contribution < 1.29 is 4.79 Å². The number of amides is 1. The van der Waals surface area contributed by atoms with Crippen molar-refractivity contribution in [3.05, 3.63) is 0 Å². The fourth-order valence-corrected chi connectivity index (χ4v) is 4.00. The van der Waals surface area contributed by atoms with Gasteiger partial charge in [0.15, 0.2) is 0 Å². The van der Waals surface area contributed by atoms with Gasteiger partial charge in [-0.15, -0.1) is 0 Å². The molecule has 19 heavy (non-hydrogen) atoms. The molecular weight excluding hydrogens is 238 g/mol. The Morgan fingerprint density at radius 1 is 1.37 bits per heavy atom. The van der Waals surface area contributed by atoms with Gasteiger partial charge in [0.1, 0.15) is 0 Å². The number of rotatable bonds is 4. The SMILES string of the molecule is CCC1CCCCCN1C1CCC(NC)(C(N)=O)C1. The summed E-state index contributed by atoms with van der Waals surface area (Å²) >= 11 is 0.